The molecule has 0 amide bonds. The number of hydrogen-bond acceptors (Lipinski definition) is 8. The van der Waals surface area contributed by atoms with Gasteiger partial charge in [0.1, 0.15) is 36.6 Å². The third kappa shape index (κ3) is 22.8. The standard InChI is InChI=1S/C40H78O8/c1-4-6-8-10-12-14-16-17-18-20-22-24-26-28-35(41)48-34(32-47-40-38(44)36(42)37(43)39(40)45)31-46-30-29-33(3)27-25-23-21-19-15-13-11-9-7-5-2/h33-34,36-40,42-45H,4-32H2,1-3H3/t33?,34-,36+,37+,38-,39-/m0/s1. The molecular formula is C40H78O8. The molecule has 0 heterocycles. The van der Waals surface area contributed by atoms with Gasteiger partial charge in [-0.05, 0) is 18.8 Å². The maximum absolute atomic E-state index is 12.7. The van der Waals surface area contributed by atoms with Gasteiger partial charge in [0.25, 0.3) is 0 Å². The molecule has 0 radical (unpaired) electrons. The normalized spacial score (nSPS) is 21.1. The van der Waals surface area contributed by atoms with E-state index in [1.165, 1.54) is 135 Å². The summed E-state index contributed by atoms with van der Waals surface area (Å²) in [4.78, 5) is 12.7. The first-order valence-corrected chi connectivity index (χ1v) is 20.4. The van der Waals surface area contributed by atoms with Crippen molar-refractivity contribution in [2.75, 3.05) is 19.8 Å². The van der Waals surface area contributed by atoms with E-state index in [9.17, 15) is 25.2 Å². The molecule has 1 saturated carbocycles. The van der Waals surface area contributed by atoms with Crippen LogP contribution >= 0.6 is 0 Å². The highest BCUT2D eigenvalue weighted by molar-refractivity contribution is 5.69. The number of ether oxygens (including phenoxy) is 3. The lowest BCUT2D eigenvalue weighted by Crippen LogP contribution is -2.39. The summed E-state index contributed by atoms with van der Waals surface area (Å²) in [5.74, 6) is 0.246. The van der Waals surface area contributed by atoms with Gasteiger partial charge in [-0.2, -0.15) is 0 Å². The van der Waals surface area contributed by atoms with Gasteiger partial charge in [-0.25, -0.2) is 0 Å². The second-order valence-electron chi connectivity index (χ2n) is 14.8. The van der Waals surface area contributed by atoms with E-state index in [1.807, 2.05) is 0 Å². The lowest BCUT2D eigenvalue weighted by molar-refractivity contribution is -0.163. The fourth-order valence-corrected chi connectivity index (χ4v) is 6.68. The molecule has 1 aliphatic rings. The molecule has 0 aliphatic heterocycles. The van der Waals surface area contributed by atoms with Gasteiger partial charge in [0.15, 0.2) is 0 Å². The Kier molecular flexibility index (Phi) is 29.2. The monoisotopic (exact) mass is 687 g/mol. The number of carbonyl (C=O) groups excluding carboxylic acids is 1. The van der Waals surface area contributed by atoms with Crippen LogP contribution < -0.4 is 0 Å². The molecule has 0 aromatic carbocycles. The lowest BCUT2D eigenvalue weighted by Gasteiger charge is -2.24. The molecule has 0 aromatic heterocycles. The molecule has 6 atom stereocenters. The van der Waals surface area contributed by atoms with Crippen LogP contribution in [0.15, 0.2) is 0 Å². The molecule has 8 nitrogen and oxygen atoms in total. The van der Waals surface area contributed by atoms with Crippen molar-refractivity contribution in [3.63, 3.8) is 0 Å². The molecule has 1 fully saturated rings. The minimum absolute atomic E-state index is 0.100. The summed E-state index contributed by atoms with van der Waals surface area (Å²) in [6, 6.07) is 0. The quantitative estimate of drug-likeness (QED) is 0.0392. The SMILES string of the molecule is CCCCCCCCCCCCCCCC(=O)O[C@@H](COCCC(C)CCCCCCCCCCCC)COC1[C@@H](O)[C@H](O)[C@@H](O)[C@@H]1O. The van der Waals surface area contributed by atoms with Gasteiger partial charge >= 0.3 is 5.97 Å². The summed E-state index contributed by atoms with van der Waals surface area (Å²) in [5, 5.41) is 40.2. The van der Waals surface area contributed by atoms with Crippen LogP contribution in [0.4, 0.5) is 0 Å². The Bertz CT molecular complexity index is 707. The summed E-state index contributed by atoms with van der Waals surface area (Å²) in [7, 11) is 0. The van der Waals surface area contributed by atoms with Gasteiger partial charge in [-0.15, -0.1) is 0 Å². The summed E-state index contributed by atoms with van der Waals surface area (Å²) in [6.45, 7) is 7.38. The van der Waals surface area contributed by atoms with Crippen molar-refractivity contribution < 1.29 is 39.4 Å². The molecule has 1 rings (SSSR count). The number of hydrogen-bond donors (Lipinski definition) is 4. The van der Waals surface area contributed by atoms with Crippen LogP contribution in [0, 0.1) is 5.92 Å². The third-order valence-corrected chi connectivity index (χ3v) is 10.1. The number of aliphatic hydroxyl groups excluding tert-OH is 4. The van der Waals surface area contributed by atoms with Gasteiger partial charge < -0.3 is 34.6 Å². The summed E-state index contributed by atoms with van der Waals surface area (Å²) in [6.07, 6.45) is 24.2. The molecule has 0 saturated heterocycles. The molecule has 1 aliphatic carbocycles. The van der Waals surface area contributed by atoms with Gasteiger partial charge in [0, 0.05) is 13.0 Å². The van der Waals surface area contributed by atoms with Crippen molar-refractivity contribution in [1.29, 1.82) is 0 Å². The Hall–Kier alpha value is -0.770. The van der Waals surface area contributed by atoms with Gasteiger partial charge in [0.05, 0.1) is 13.2 Å². The Morgan fingerprint density at radius 1 is 0.542 bits per heavy atom. The highest BCUT2D eigenvalue weighted by atomic mass is 16.6. The van der Waals surface area contributed by atoms with Crippen LogP contribution in [0.5, 0.6) is 0 Å². The fourth-order valence-electron chi connectivity index (χ4n) is 6.68. The Labute approximate surface area is 295 Å². The number of rotatable bonds is 34. The minimum atomic E-state index is -1.49. The maximum Gasteiger partial charge on any atom is 0.306 e. The fraction of sp³-hybridized carbons (Fsp3) is 0.975. The molecule has 1 unspecified atom stereocenters. The zero-order valence-corrected chi connectivity index (χ0v) is 31.5. The first-order valence-electron chi connectivity index (χ1n) is 20.4. The number of carbonyl (C=O) groups is 1. The van der Waals surface area contributed by atoms with Crippen LogP contribution in [-0.4, -0.2) is 82.8 Å². The molecule has 8 heteroatoms. The maximum atomic E-state index is 12.7. The van der Waals surface area contributed by atoms with E-state index < -0.39 is 36.6 Å². The molecule has 0 bridgehead atoms. The second kappa shape index (κ2) is 31.0. The lowest BCUT2D eigenvalue weighted by atomic mass is 9.99. The van der Waals surface area contributed by atoms with Crippen LogP contribution in [0.25, 0.3) is 0 Å². The first-order chi connectivity index (χ1) is 23.3. The first kappa shape index (κ1) is 45.3. The Morgan fingerprint density at radius 2 is 0.958 bits per heavy atom. The largest absolute Gasteiger partial charge is 0.457 e. The van der Waals surface area contributed by atoms with Crippen LogP contribution in [0.2, 0.25) is 0 Å². The van der Waals surface area contributed by atoms with E-state index in [1.54, 1.807) is 0 Å². The summed E-state index contributed by atoms with van der Waals surface area (Å²) >= 11 is 0. The molecule has 0 aromatic rings. The molecule has 286 valence electrons. The summed E-state index contributed by atoms with van der Waals surface area (Å²) in [5.41, 5.74) is 0. The Balaban J connectivity index is 2.28. The molecular weight excluding hydrogens is 608 g/mol. The average molecular weight is 687 g/mol. The molecule has 4 N–H and O–H groups in total. The topological polar surface area (TPSA) is 126 Å². The van der Waals surface area contributed by atoms with Gasteiger partial charge in [0.2, 0.25) is 0 Å². The number of aliphatic hydroxyl groups is 4. The van der Waals surface area contributed by atoms with Crippen LogP contribution in [-0.2, 0) is 19.0 Å². The third-order valence-electron chi connectivity index (χ3n) is 10.1. The van der Waals surface area contributed by atoms with Crippen molar-refractivity contribution in [3.8, 4) is 0 Å². The predicted octanol–water partition coefficient (Wildman–Crippen LogP) is 8.58. The number of unbranched alkanes of at least 4 members (excludes halogenated alkanes) is 21. The highest BCUT2D eigenvalue weighted by Crippen LogP contribution is 2.25. The van der Waals surface area contributed by atoms with Crippen molar-refractivity contribution >= 4 is 5.97 Å². The zero-order valence-electron chi connectivity index (χ0n) is 31.5. The van der Waals surface area contributed by atoms with Crippen molar-refractivity contribution in [1.82, 2.24) is 0 Å². The van der Waals surface area contributed by atoms with Crippen molar-refractivity contribution in [3.05, 3.63) is 0 Å². The van der Waals surface area contributed by atoms with Crippen LogP contribution in [0.3, 0.4) is 0 Å². The minimum Gasteiger partial charge on any atom is -0.457 e. The van der Waals surface area contributed by atoms with E-state index in [4.69, 9.17) is 14.2 Å². The number of esters is 1. The van der Waals surface area contributed by atoms with Crippen LogP contribution in [0.1, 0.15) is 188 Å². The summed E-state index contributed by atoms with van der Waals surface area (Å²) < 4.78 is 17.3. The predicted molar refractivity (Wildman–Crippen MR) is 195 cm³/mol. The zero-order chi connectivity index (χ0) is 35.2. The van der Waals surface area contributed by atoms with E-state index in [-0.39, 0.29) is 19.2 Å². The van der Waals surface area contributed by atoms with E-state index in [2.05, 4.69) is 20.8 Å². The smallest absolute Gasteiger partial charge is 0.306 e. The van der Waals surface area contributed by atoms with Gasteiger partial charge in [-0.3, -0.25) is 4.79 Å². The molecule has 0 spiro atoms. The Morgan fingerprint density at radius 3 is 1.42 bits per heavy atom. The van der Waals surface area contributed by atoms with E-state index in [0.29, 0.717) is 18.9 Å². The van der Waals surface area contributed by atoms with E-state index >= 15 is 0 Å². The van der Waals surface area contributed by atoms with Crippen molar-refractivity contribution in [2.24, 2.45) is 5.92 Å². The average Bonchev–Trinajstić information content (AvgIpc) is 3.26. The highest BCUT2D eigenvalue weighted by Gasteiger charge is 2.49. The van der Waals surface area contributed by atoms with Gasteiger partial charge in [-0.1, -0.05) is 168 Å². The second-order valence-corrected chi connectivity index (χ2v) is 14.8. The molecule has 48 heavy (non-hydrogen) atoms. The van der Waals surface area contributed by atoms with Crippen molar-refractivity contribution in [2.45, 2.75) is 224 Å². The van der Waals surface area contributed by atoms with E-state index in [0.717, 1.165) is 25.7 Å².